The third-order valence-corrected chi connectivity index (χ3v) is 4.12. The quantitative estimate of drug-likeness (QED) is 0.878. The Morgan fingerprint density at radius 3 is 2.80 bits per heavy atom. The van der Waals surface area contributed by atoms with Gasteiger partial charge in [-0.2, -0.15) is 0 Å². The highest BCUT2D eigenvalue weighted by molar-refractivity contribution is 5.35. The second-order valence-corrected chi connectivity index (χ2v) is 5.61. The van der Waals surface area contributed by atoms with Gasteiger partial charge in [0.1, 0.15) is 5.82 Å². The van der Waals surface area contributed by atoms with Gasteiger partial charge < -0.3 is 5.32 Å². The molecule has 0 spiro atoms. The van der Waals surface area contributed by atoms with Crippen molar-refractivity contribution in [3.8, 4) is 0 Å². The molecule has 0 saturated carbocycles. The van der Waals surface area contributed by atoms with Crippen molar-refractivity contribution >= 4 is 0 Å². The molecule has 0 radical (unpaired) electrons. The zero-order valence-corrected chi connectivity index (χ0v) is 11.8. The maximum Gasteiger partial charge on any atom is 0.123 e. The standard InChI is InChI=1S/C18H20FN/c1-13(16-5-3-7-18(19)11-16)20-12-14-8-9-15-4-2-6-17(15)10-14/h3,5,7-11,13,20H,2,4,6,12H2,1H3/t13-/m1/s1. The molecule has 20 heavy (non-hydrogen) atoms. The van der Waals surface area contributed by atoms with Gasteiger partial charge in [-0.1, -0.05) is 30.3 Å². The molecule has 0 aliphatic heterocycles. The van der Waals surface area contributed by atoms with E-state index in [0.29, 0.717) is 0 Å². The number of rotatable bonds is 4. The van der Waals surface area contributed by atoms with Gasteiger partial charge in [0.2, 0.25) is 0 Å². The highest BCUT2D eigenvalue weighted by Gasteiger charge is 2.11. The van der Waals surface area contributed by atoms with Gasteiger partial charge in [0.15, 0.2) is 0 Å². The van der Waals surface area contributed by atoms with Crippen molar-refractivity contribution in [1.29, 1.82) is 0 Å². The second kappa shape index (κ2) is 5.76. The summed E-state index contributed by atoms with van der Waals surface area (Å²) in [5, 5.41) is 3.47. The molecule has 2 aromatic carbocycles. The summed E-state index contributed by atoms with van der Waals surface area (Å²) in [6.07, 6.45) is 3.72. The van der Waals surface area contributed by atoms with Crippen molar-refractivity contribution in [1.82, 2.24) is 5.32 Å². The molecular formula is C18H20FN. The van der Waals surface area contributed by atoms with E-state index >= 15 is 0 Å². The maximum atomic E-state index is 13.2. The molecule has 0 aromatic heterocycles. The van der Waals surface area contributed by atoms with Gasteiger partial charge in [-0.15, -0.1) is 0 Å². The summed E-state index contributed by atoms with van der Waals surface area (Å²) in [7, 11) is 0. The van der Waals surface area contributed by atoms with Crippen LogP contribution in [0.15, 0.2) is 42.5 Å². The van der Waals surface area contributed by atoms with Crippen LogP contribution in [0, 0.1) is 5.82 Å². The van der Waals surface area contributed by atoms with E-state index in [1.165, 1.54) is 42.0 Å². The van der Waals surface area contributed by atoms with E-state index in [1.807, 2.05) is 6.07 Å². The largest absolute Gasteiger partial charge is 0.306 e. The molecule has 0 saturated heterocycles. The van der Waals surface area contributed by atoms with Crippen molar-refractivity contribution in [2.45, 2.75) is 38.8 Å². The molecule has 1 nitrogen and oxygen atoms in total. The SMILES string of the molecule is C[C@@H](NCc1ccc2c(c1)CCC2)c1cccc(F)c1. The lowest BCUT2D eigenvalue weighted by Crippen LogP contribution is -2.18. The normalized spacial score (nSPS) is 15.1. The van der Waals surface area contributed by atoms with Crippen LogP contribution in [0.1, 0.15) is 41.6 Å². The minimum atomic E-state index is -0.173. The third-order valence-electron chi connectivity index (χ3n) is 4.12. The average molecular weight is 269 g/mol. The van der Waals surface area contributed by atoms with Gasteiger partial charge >= 0.3 is 0 Å². The molecule has 1 aliphatic carbocycles. The van der Waals surface area contributed by atoms with E-state index in [4.69, 9.17) is 0 Å². The first-order valence-electron chi connectivity index (χ1n) is 7.32. The fraction of sp³-hybridized carbons (Fsp3) is 0.333. The molecular weight excluding hydrogens is 249 g/mol. The van der Waals surface area contributed by atoms with Gasteiger partial charge in [0.05, 0.1) is 0 Å². The fourth-order valence-corrected chi connectivity index (χ4v) is 2.90. The lowest BCUT2D eigenvalue weighted by atomic mass is 10.1. The summed E-state index contributed by atoms with van der Waals surface area (Å²) in [6.45, 7) is 2.90. The molecule has 0 fully saturated rings. The first kappa shape index (κ1) is 13.3. The van der Waals surface area contributed by atoms with Crippen LogP contribution in [0.2, 0.25) is 0 Å². The first-order valence-corrected chi connectivity index (χ1v) is 7.32. The van der Waals surface area contributed by atoms with E-state index in [1.54, 1.807) is 12.1 Å². The Morgan fingerprint density at radius 2 is 1.95 bits per heavy atom. The van der Waals surface area contributed by atoms with E-state index in [9.17, 15) is 4.39 Å². The van der Waals surface area contributed by atoms with Gasteiger partial charge in [0.25, 0.3) is 0 Å². The molecule has 104 valence electrons. The molecule has 2 aromatic rings. The van der Waals surface area contributed by atoms with Crippen LogP contribution in [0.4, 0.5) is 4.39 Å². The van der Waals surface area contributed by atoms with Crippen LogP contribution in [-0.4, -0.2) is 0 Å². The predicted octanol–water partition coefficient (Wildman–Crippen LogP) is 4.17. The van der Waals surface area contributed by atoms with Crippen LogP contribution < -0.4 is 5.32 Å². The van der Waals surface area contributed by atoms with Crippen LogP contribution in [0.25, 0.3) is 0 Å². The number of benzene rings is 2. The minimum Gasteiger partial charge on any atom is -0.306 e. The molecule has 2 heteroatoms. The topological polar surface area (TPSA) is 12.0 Å². The van der Waals surface area contributed by atoms with E-state index < -0.39 is 0 Å². The zero-order chi connectivity index (χ0) is 13.9. The van der Waals surface area contributed by atoms with Crippen LogP contribution in [0.3, 0.4) is 0 Å². The first-order chi connectivity index (χ1) is 9.72. The summed E-state index contributed by atoms with van der Waals surface area (Å²) >= 11 is 0. The highest BCUT2D eigenvalue weighted by Crippen LogP contribution is 2.23. The second-order valence-electron chi connectivity index (χ2n) is 5.61. The molecule has 0 bridgehead atoms. The molecule has 1 atom stereocenters. The van der Waals surface area contributed by atoms with E-state index in [-0.39, 0.29) is 11.9 Å². The van der Waals surface area contributed by atoms with Crippen molar-refractivity contribution in [3.05, 3.63) is 70.5 Å². The molecule has 0 unspecified atom stereocenters. The van der Waals surface area contributed by atoms with Crippen molar-refractivity contribution in [2.24, 2.45) is 0 Å². The minimum absolute atomic E-state index is 0.152. The third kappa shape index (κ3) is 2.91. The van der Waals surface area contributed by atoms with E-state index in [2.05, 4.69) is 30.4 Å². The monoisotopic (exact) mass is 269 g/mol. The number of nitrogens with one attached hydrogen (secondary N) is 1. The predicted molar refractivity (Wildman–Crippen MR) is 80.1 cm³/mol. The van der Waals surface area contributed by atoms with Crippen LogP contribution in [0.5, 0.6) is 0 Å². The highest BCUT2D eigenvalue weighted by atomic mass is 19.1. The summed E-state index contributed by atoms with van der Waals surface area (Å²) in [4.78, 5) is 0. The van der Waals surface area contributed by atoms with Crippen molar-refractivity contribution < 1.29 is 4.39 Å². The Kier molecular flexibility index (Phi) is 3.83. The maximum absolute atomic E-state index is 13.2. The number of fused-ring (bicyclic) bond motifs is 1. The Bertz CT molecular complexity index is 606. The van der Waals surface area contributed by atoms with Crippen LogP contribution in [-0.2, 0) is 19.4 Å². The summed E-state index contributed by atoms with van der Waals surface area (Å²) < 4.78 is 13.2. The van der Waals surface area contributed by atoms with Gasteiger partial charge in [-0.25, -0.2) is 4.39 Å². The summed E-state index contributed by atoms with van der Waals surface area (Å²) in [5.74, 6) is -0.173. The Labute approximate surface area is 119 Å². The van der Waals surface area contributed by atoms with Crippen molar-refractivity contribution in [3.63, 3.8) is 0 Å². The van der Waals surface area contributed by atoms with E-state index in [0.717, 1.165) is 12.1 Å². The molecule has 1 N–H and O–H groups in total. The van der Waals surface area contributed by atoms with Gasteiger partial charge in [0, 0.05) is 12.6 Å². The molecule has 3 rings (SSSR count). The number of hydrogen-bond acceptors (Lipinski definition) is 1. The van der Waals surface area contributed by atoms with Crippen molar-refractivity contribution in [2.75, 3.05) is 0 Å². The van der Waals surface area contributed by atoms with Gasteiger partial charge in [-0.3, -0.25) is 0 Å². The number of hydrogen-bond donors (Lipinski definition) is 1. The molecule has 1 aliphatic rings. The molecule has 0 heterocycles. The zero-order valence-electron chi connectivity index (χ0n) is 11.8. The fourth-order valence-electron chi connectivity index (χ4n) is 2.90. The average Bonchev–Trinajstić information content (AvgIpc) is 2.92. The Morgan fingerprint density at radius 1 is 1.10 bits per heavy atom. The Balaban J connectivity index is 1.64. The number of aryl methyl sites for hydroxylation is 2. The lowest BCUT2D eigenvalue weighted by Gasteiger charge is -2.15. The smallest absolute Gasteiger partial charge is 0.123 e. The molecule has 0 amide bonds. The Hall–Kier alpha value is -1.67. The summed E-state index contributed by atoms with van der Waals surface area (Å²) in [6, 6.07) is 13.7. The number of halogens is 1. The van der Waals surface area contributed by atoms with Crippen LogP contribution >= 0.6 is 0 Å². The van der Waals surface area contributed by atoms with Gasteiger partial charge in [-0.05, 0) is 60.6 Å². The summed E-state index contributed by atoms with van der Waals surface area (Å²) in [5.41, 5.74) is 5.31. The lowest BCUT2D eigenvalue weighted by molar-refractivity contribution is 0.565.